The Hall–Kier alpha value is 0.352. The van der Waals surface area contributed by atoms with Gasteiger partial charge in [-0.15, -0.1) is 0 Å². The number of hydrogen-bond donors (Lipinski definition) is 1. The maximum absolute atomic E-state index is 0. The van der Waals surface area contributed by atoms with Crippen LogP contribution in [0.5, 0.6) is 0 Å². The van der Waals surface area contributed by atoms with Crippen LogP contribution in [0.15, 0.2) is 0 Å². The van der Waals surface area contributed by atoms with Crippen molar-refractivity contribution in [2.75, 3.05) is 0 Å². The Morgan fingerprint density at radius 2 is 0.750 bits per heavy atom. The Morgan fingerprint density at radius 1 is 0.750 bits per heavy atom. The molecule has 0 aliphatic rings. The van der Waals surface area contributed by atoms with E-state index in [2.05, 4.69) is 0 Å². The molecule has 0 rings (SSSR count). The van der Waals surface area contributed by atoms with E-state index in [1.54, 1.807) is 0 Å². The van der Waals surface area contributed by atoms with Gasteiger partial charge in [0.25, 0.3) is 0 Å². The highest BCUT2D eigenvalue weighted by atomic mass is 27.0. The summed E-state index contributed by atoms with van der Waals surface area (Å²) in [6, 6.07) is 0. The van der Waals surface area contributed by atoms with E-state index in [1.165, 1.54) is 0 Å². The van der Waals surface area contributed by atoms with Crippen molar-refractivity contribution in [2.45, 2.75) is 0 Å². The molecule has 0 unspecified atom stereocenters. The fraction of sp³-hybridized carbons (Fsp3) is 0. The largest absolute Gasteiger partial charge is 0.344 e. The predicted molar refractivity (Wildman–Crippen MR) is 20.0 cm³/mol. The van der Waals surface area contributed by atoms with Crippen molar-refractivity contribution in [3.8, 4) is 0 Å². The van der Waals surface area contributed by atoms with Gasteiger partial charge in [-0.05, 0) is 0 Å². The van der Waals surface area contributed by atoms with Crippen LogP contribution in [-0.2, 0) is 0 Å². The quantitative estimate of drug-likeness (QED) is 0.389. The zero-order chi connectivity index (χ0) is 0. The lowest BCUT2D eigenvalue weighted by Gasteiger charge is -0.344. The Balaban J connectivity index is 0. The minimum atomic E-state index is 0. The van der Waals surface area contributed by atoms with Gasteiger partial charge in [-0.3, -0.25) is 9.41 Å². The first kappa shape index (κ1) is 394. The van der Waals surface area contributed by atoms with Crippen LogP contribution in [0.25, 0.3) is 0 Å². The van der Waals surface area contributed by atoms with E-state index < -0.39 is 0 Å². The van der Waals surface area contributed by atoms with Gasteiger partial charge in [-0.2, -0.15) is 0 Å². The molecular formula is H8AlF2N. The number of hydrogen-bond acceptors (Lipinski definition) is 1. The Morgan fingerprint density at radius 3 is 0.750 bits per heavy atom. The molecule has 0 aliphatic carbocycles. The summed E-state index contributed by atoms with van der Waals surface area (Å²) in [7, 11) is 0. The van der Waals surface area contributed by atoms with Crippen LogP contribution >= 0.6 is 0 Å². The first-order valence-corrected chi connectivity index (χ1v) is 0. The van der Waals surface area contributed by atoms with Crippen LogP contribution in [0.2, 0.25) is 0 Å². The molecule has 0 fully saturated rings. The van der Waals surface area contributed by atoms with Gasteiger partial charge in [0.15, 0.2) is 17.4 Å². The van der Waals surface area contributed by atoms with Gasteiger partial charge in [0.1, 0.15) is 0 Å². The predicted octanol–water partition coefficient (Wildman–Crippen LogP) is -0.717. The molecule has 0 amide bonds. The molecule has 0 bridgehead atoms. The summed E-state index contributed by atoms with van der Waals surface area (Å²) in [5.74, 6) is 0. The van der Waals surface area contributed by atoms with E-state index >= 15 is 0 Å². The van der Waals surface area contributed by atoms with Crippen LogP contribution in [0.1, 0.15) is 0 Å². The molecule has 0 radical (unpaired) electrons. The van der Waals surface area contributed by atoms with E-state index in [1.807, 2.05) is 0 Å². The molecule has 0 spiro atoms. The summed E-state index contributed by atoms with van der Waals surface area (Å²) < 4.78 is 0. The molecule has 0 aromatic heterocycles. The minimum Gasteiger partial charge on any atom is -0.344 e. The average molecular weight is 87.0 g/mol. The summed E-state index contributed by atoms with van der Waals surface area (Å²) >= 11 is 0. The summed E-state index contributed by atoms with van der Waals surface area (Å²) in [4.78, 5) is 0. The van der Waals surface area contributed by atoms with E-state index in [0.717, 1.165) is 0 Å². The van der Waals surface area contributed by atoms with Crippen LogP contribution in [0, 0.1) is 0 Å². The molecule has 0 aromatic rings. The minimum absolute atomic E-state index is 0. The van der Waals surface area contributed by atoms with Crippen molar-refractivity contribution in [3.63, 3.8) is 0 Å². The maximum Gasteiger partial charge on any atom is 0.187 e. The van der Waals surface area contributed by atoms with Crippen molar-refractivity contribution in [1.82, 2.24) is 6.15 Å². The van der Waals surface area contributed by atoms with Gasteiger partial charge < -0.3 is 6.15 Å². The molecule has 1 nitrogen and oxygen atoms in total. The molecule has 4 heavy (non-hydrogen) atoms. The molecule has 4 heteroatoms. The summed E-state index contributed by atoms with van der Waals surface area (Å²) in [5.41, 5.74) is 0. The number of rotatable bonds is 0. The molecule has 3 N–H and O–H groups in total. The smallest absolute Gasteiger partial charge is 0.187 e. The second-order valence-corrected chi connectivity index (χ2v) is 0. The van der Waals surface area contributed by atoms with Crippen LogP contribution in [0.3, 0.4) is 0 Å². The maximum atomic E-state index is 0. The Kier molecular flexibility index (Phi) is 14700. The van der Waals surface area contributed by atoms with Gasteiger partial charge in [0, 0.05) is 0 Å². The summed E-state index contributed by atoms with van der Waals surface area (Å²) in [6.45, 7) is 0. The van der Waals surface area contributed by atoms with Gasteiger partial charge in [0.2, 0.25) is 0 Å². The van der Waals surface area contributed by atoms with Crippen LogP contribution in [0.4, 0.5) is 9.41 Å². The molecular weight excluding hydrogens is 79.0 g/mol. The standard InChI is InChI=1S/Al.2FH.H3N.3H/h;2*1H;1H3;;;. The van der Waals surface area contributed by atoms with E-state index in [9.17, 15) is 0 Å². The van der Waals surface area contributed by atoms with Crippen molar-refractivity contribution < 1.29 is 9.41 Å². The normalized spacial score (nSPS) is 0. The van der Waals surface area contributed by atoms with Crippen LogP contribution < -0.4 is 6.15 Å². The third-order valence-electron chi connectivity index (χ3n) is 0. The Bertz CT molecular complexity index is 6.00. The van der Waals surface area contributed by atoms with Crippen molar-refractivity contribution in [3.05, 3.63) is 0 Å². The molecule has 0 aromatic carbocycles. The summed E-state index contributed by atoms with van der Waals surface area (Å²) in [6.07, 6.45) is 0. The molecule has 30 valence electrons. The number of halogens is 2. The molecule has 0 aliphatic heterocycles. The fourth-order valence-corrected chi connectivity index (χ4v) is 0. The third kappa shape index (κ3) is 34.6. The zero-order valence-corrected chi connectivity index (χ0v) is 1.52. The van der Waals surface area contributed by atoms with Crippen molar-refractivity contribution >= 4 is 17.4 Å². The molecule has 0 atom stereocenters. The third-order valence-corrected chi connectivity index (χ3v) is 0. The summed E-state index contributed by atoms with van der Waals surface area (Å²) in [5, 5.41) is 0. The lowest BCUT2D eigenvalue weighted by Crippen LogP contribution is -0.481. The van der Waals surface area contributed by atoms with Gasteiger partial charge in [-0.25, -0.2) is 0 Å². The highest BCUT2D eigenvalue weighted by Crippen LogP contribution is 0.421. The van der Waals surface area contributed by atoms with Crippen molar-refractivity contribution in [2.24, 2.45) is 0 Å². The SMILES string of the molecule is F.F.N.[AlH3]. The highest BCUT2D eigenvalue weighted by molar-refractivity contribution is 5.75. The topological polar surface area (TPSA) is 35.0 Å². The van der Waals surface area contributed by atoms with Gasteiger partial charge in [0.05, 0.1) is 0 Å². The molecule has 0 heterocycles. The van der Waals surface area contributed by atoms with Gasteiger partial charge >= 0.3 is 0 Å². The lowest BCUT2D eigenvalue weighted by molar-refractivity contribution is 1.11. The molecule has 0 saturated carbocycles. The molecule has 0 saturated heterocycles. The second kappa shape index (κ2) is 149. The Labute approximate surface area is 33.8 Å². The van der Waals surface area contributed by atoms with E-state index in [-0.39, 0.29) is 32.9 Å². The van der Waals surface area contributed by atoms with Crippen LogP contribution in [-0.4, -0.2) is 17.4 Å². The first-order valence-electron chi connectivity index (χ1n) is 0. The van der Waals surface area contributed by atoms with E-state index in [0.29, 0.717) is 0 Å². The lowest BCUT2D eigenvalue weighted by atomic mass is 14.0. The van der Waals surface area contributed by atoms with Gasteiger partial charge in [-0.1, -0.05) is 0 Å². The average Bonchev–Trinajstić information content (AvgIpc) is 0. The monoisotopic (exact) mass is 87.0 g/mol. The first-order chi connectivity index (χ1) is 0. The fourth-order valence-electron chi connectivity index (χ4n) is 0. The zero-order valence-electron chi connectivity index (χ0n) is 1.52. The van der Waals surface area contributed by atoms with E-state index in [4.69, 9.17) is 0 Å². The highest BCUT2D eigenvalue weighted by Gasteiger charge is 0.187. The van der Waals surface area contributed by atoms with Crippen molar-refractivity contribution in [1.29, 1.82) is 0 Å². The second-order valence-electron chi connectivity index (χ2n) is 0.